The third kappa shape index (κ3) is 4.56. The highest BCUT2D eigenvalue weighted by molar-refractivity contribution is 8.01. The molecule has 1 aliphatic heterocycles. The van der Waals surface area contributed by atoms with Crippen molar-refractivity contribution >= 4 is 44.8 Å². The normalized spacial score (nSPS) is 16.2. The average molecular weight is 419 g/mol. The number of para-hydroxylation sites is 1. The van der Waals surface area contributed by atoms with Gasteiger partial charge in [-0.05, 0) is 43.2 Å². The van der Waals surface area contributed by atoms with E-state index in [0.29, 0.717) is 17.8 Å². The lowest BCUT2D eigenvalue weighted by molar-refractivity contribution is -0.116. The molecule has 1 aliphatic rings. The Morgan fingerprint density at radius 1 is 1.21 bits per heavy atom. The lowest BCUT2D eigenvalue weighted by Crippen LogP contribution is -2.28. The molecule has 0 aromatic heterocycles. The van der Waals surface area contributed by atoms with Gasteiger partial charge in [0.25, 0.3) is 0 Å². The summed E-state index contributed by atoms with van der Waals surface area (Å²) in [5, 5.41) is 5.32. The Balaban J connectivity index is 1.69. The minimum absolute atomic E-state index is 0.0662. The summed E-state index contributed by atoms with van der Waals surface area (Å²) >= 11 is 1.37. The summed E-state index contributed by atoms with van der Waals surface area (Å²) in [6, 6.07) is 12.0. The second kappa shape index (κ2) is 8.36. The van der Waals surface area contributed by atoms with Crippen LogP contribution in [-0.4, -0.2) is 31.2 Å². The molecule has 0 radical (unpaired) electrons. The predicted molar refractivity (Wildman–Crippen MR) is 111 cm³/mol. The number of sulfone groups is 1. The van der Waals surface area contributed by atoms with Crippen LogP contribution in [0.3, 0.4) is 0 Å². The van der Waals surface area contributed by atoms with Crippen molar-refractivity contribution in [3.63, 3.8) is 0 Å². The maximum atomic E-state index is 12.7. The number of fused-ring (bicyclic) bond motifs is 1. The van der Waals surface area contributed by atoms with Crippen LogP contribution in [0.25, 0.3) is 0 Å². The van der Waals surface area contributed by atoms with Gasteiger partial charge in [0.1, 0.15) is 0 Å². The number of rotatable bonds is 6. The van der Waals surface area contributed by atoms with Crippen molar-refractivity contribution in [3.8, 4) is 0 Å². The summed E-state index contributed by atoms with van der Waals surface area (Å²) in [6.45, 7) is 3.79. The fourth-order valence-electron chi connectivity index (χ4n) is 2.86. The second-order valence-electron chi connectivity index (χ2n) is 6.59. The smallest absolute Gasteiger partial charge is 0.237 e. The van der Waals surface area contributed by atoms with Crippen LogP contribution in [0.4, 0.5) is 11.4 Å². The van der Waals surface area contributed by atoms with Gasteiger partial charge in [0, 0.05) is 17.0 Å². The fraction of sp³-hybridized carbons (Fsp3) is 0.300. The van der Waals surface area contributed by atoms with E-state index < -0.39 is 9.84 Å². The Bertz CT molecular complexity index is 1020. The summed E-state index contributed by atoms with van der Waals surface area (Å²) in [5.74, 6) is -0.690. The zero-order chi connectivity index (χ0) is 20.3. The average Bonchev–Trinajstić information content (AvgIpc) is 2.67. The standard InChI is InChI=1S/C20H22N2O4S2/c1-3-17-20(24)22-16-9-8-14(12-18(16)27-17)28(25,26)11-10-19(23)21-15-7-5-4-6-13(15)2/h4-9,12,17H,3,10-11H2,1-2H3,(H,21,23)(H,22,24). The Morgan fingerprint density at radius 3 is 2.68 bits per heavy atom. The lowest BCUT2D eigenvalue weighted by atomic mass is 10.2. The fourth-order valence-corrected chi connectivity index (χ4v) is 5.27. The highest BCUT2D eigenvalue weighted by Gasteiger charge is 2.27. The summed E-state index contributed by atoms with van der Waals surface area (Å²) in [5.41, 5.74) is 2.21. The van der Waals surface area contributed by atoms with Crippen molar-refractivity contribution < 1.29 is 18.0 Å². The largest absolute Gasteiger partial charge is 0.326 e. The van der Waals surface area contributed by atoms with Crippen LogP contribution in [0.5, 0.6) is 0 Å². The second-order valence-corrected chi connectivity index (χ2v) is 9.95. The molecule has 0 aliphatic carbocycles. The van der Waals surface area contributed by atoms with Gasteiger partial charge in [-0.2, -0.15) is 0 Å². The van der Waals surface area contributed by atoms with Gasteiger partial charge in [0.15, 0.2) is 9.84 Å². The first kappa shape index (κ1) is 20.4. The van der Waals surface area contributed by atoms with E-state index in [2.05, 4.69) is 10.6 Å². The van der Waals surface area contributed by atoms with E-state index in [-0.39, 0.29) is 34.1 Å². The Hall–Kier alpha value is -2.32. The van der Waals surface area contributed by atoms with Crippen molar-refractivity contribution in [2.24, 2.45) is 0 Å². The topological polar surface area (TPSA) is 92.3 Å². The van der Waals surface area contributed by atoms with Gasteiger partial charge in [-0.25, -0.2) is 8.42 Å². The molecule has 1 unspecified atom stereocenters. The number of hydrogen-bond donors (Lipinski definition) is 2. The van der Waals surface area contributed by atoms with Crippen molar-refractivity contribution in [1.82, 2.24) is 0 Å². The molecular formula is C20H22N2O4S2. The third-order valence-corrected chi connectivity index (χ3v) is 7.66. The minimum Gasteiger partial charge on any atom is -0.326 e. The van der Waals surface area contributed by atoms with E-state index in [1.54, 1.807) is 18.2 Å². The van der Waals surface area contributed by atoms with Crippen LogP contribution in [0.2, 0.25) is 0 Å². The van der Waals surface area contributed by atoms with E-state index in [1.165, 1.54) is 17.8 Å². The van der Waals surface area contributed by atoms with Crippen molar-refractivity contribution in [1.29, 1.82) is 0 Å². The van der Waals surface area contributed by atoms with E-state index >= 15 is 0 Å². The molecule has 2 amide bonds. The number of hydrogen-bond acceptors (Lipinski definition) is 5. The van der Waals surface area contributed by atoms with Crippen molar-refractivity contribution in [3.05, 3.63) is 48.0 Å². The first-order chi connectivity index (χ1) is 13.3. The number of amides is 2. The molecule has 148 valence electrons. The van der Waals surface area contributed by atoms with Crippen LogP contribution >= 0.6 is 11.8 Å². The van der Waals surface area contributed by atoms with Crippen LogP contribution in [0, 0.1) is 6.92 Å². The molecule has 2 N–H and O–H groups in total. The molecule has 8 heteroatoms. The molecule has 3 rings (SSSR count). The summed E-state index contributed by atoms with van der Waals surface area (Å²) < 4.78 is 25.4. The molecule has 28 heavy (non-hydrogen) atoms. The maximum Gasteiger partial charge on any atom is 0.237 e. The molecule has 0 fully saturated rings. The van der Waals surface area contributed by atoms with E-state index in [0.717, 1.165) is 10.5 Å². The highest BCUT2D eigenvalue weighted by atomic mass is 32.2. The Morgan fingerprint density at radius 2 is 1.96 bits per heavy atom. The molecule has 1 heterocycles. The molecule has 0 saturated carbocycles. The van der Waals surface area contributed by atoms with Crippen LogP contribution in [0.15, 0.2) is 52.3 Å². The Kier molecular flexibility index (Phi) is 6.10. The van der Waals surface area contributed by atoms with Gasteiger partial charge >= 0.3 is 0 Å². The van der Waals surface area contributed by atoms with Crippen LogP contribution < -0.4 is 10.6 Å². The number of benzene rings is 2. The lowest BCUT2D eigenvalue weighted by Gasteiger charge is -2.23. The molecule has 1 atom stereocenters. The monoisotopic (exact) mass is 418 g/mol. The van der Waals surface area contributed by atoms with Gasteiger partial charge < -0.3 is 10.6 Å². The van der Waals surface area contributed by atoms with Crippen LogP contribution in [-0.2, 0) is 19.4 Å². The molecule has 0 bridgehead atoms. The van der Waals surface area contributed by atoms with Gasteiger partial charge in [-0.3, -0.25) is 9.59 Å². The maximum absolute atomic E-state index is 12.7. The van der Waals surface area contributed by atoms with Crippen LogP contribution in [0.1, 0.15) is 25.3 Å². The van der Waals surface area contributed by atoms with Gasteiger partial charge in [0.2, 0.25) is 11.8 Å². The zero-order valence-corrected chi connectivity index (χ0v) is 17.3. The molecule has 0 spiro atoms. The highest BCUT2D eigenvalue weighted by Crippen LogP contribution is 2.38. The van der Waals surface area contributed by atoms with Gasteiger partial charge in [0.05, 0.1) is 21.6 Å². The number of anilines is 2. The molecule has 6 nitrogen and oxygen atoms in total. The predicted octanol–water partition coefficient (Wildman–Crippen LogP) is 3.62. The van der Waals surface area contributed by atoms with Crippen molar-refractivity contribution in [2.45, 2.75) is 41.7 Å². The van der Waals surface area contributed by atoms with E-state index in [4.69, 9.17) is 0 Å². The van der Waals surface area contributed by atoms with Gasteiger partial charge in [-0.15, -0.1) is 11.8 Å². The van der Waals surface area contributed by atoms with E-state index in [1.807, 2.05) is 32.0 Å². The van der Waals surface area contributed by atoms with Gasteiger partial charge in [-0.1, -0.05) is 25.1 Å². The molecule has 2 aromatic rings. The number of aryl methyl sites for hydroxylation is 1. The number of carbonyl (C=O) groups excluding carboxylic acids is 2. The van der Waals surface area contributed by atoms with Crippen molar-refractivity contribution in [2.75, 3.05) is 16.4 Å². The Labute approximate surface area is 169 Å². The number of carbonyl (C=O) groups is 2. The molecular weight excluding hydrogens is 396 g/mol. The molecule has 2 aromatic carbocycles. The number of thioether (sulfide) groups is 1. The summed E-state index contributed by atoms with van der Waals surface area (Å²) in [7, 11) is -3.62. The number of nitrogens with one attached hydrogen (secondary N) is 2. The minimum atomic E-state index is -3.62. The zero-order valence-electron chi connectivity index (χ0n) is 15.7. The quantitative estimate of drug-likeness (QED) is 0.747. The molecule has 0 saturated heterocycles. The first-order valence-electron chi connectivity index (χ1n) is 9.00. The third-order valence-electron chi connectivity index (χ3n) is 4.52. The SMILES string of the molecule is CCC1Sc2cc(S(=O)(=O)CCC(=O)Nc3ccccc3C)ccc2NC1=O. The summed E-state index contributed by atoms with van der Waals surface area (Å²) in [6.07, 6.45) is 0.529. The summed E-state index contributed by atoms with van der Waals surface area (Å²) in [4.78, 5) is 25.0. The van der Waals surface area contributed by atoms with E-state index in [9.17, 15) is 18.0 Å². The first-order valence-corrected chi connectivity index (χ1v) is 11.5.